The van der Waals surface area contributed by atoms with E-state index in [1.165, 1.54) is 0 Å². The molecule has 10 heteroatoms. The van der Waals surface area contributed by atoms with Crippen LogP contribution in [0.15, 0.2) is 60.7 Å². The zero-order chi connectivity index (χ0) is 24.3. The zero-order valence-electron chi connectivity index (χ0n) is 19.7. The first kappa shape index (κ1) is 26.5. The number of fused-ring (bicyclic) bond motifs is 3. The topological polar surface area (TPSA) is 60.5 Å². The molecule has 0 unspecified atom stereocenters. The third kappa shape index (κ3) is 5.87. The number of halogens is 3. The van der Waals surface area contributed by atoms with Gasteiger partial charge in [0.1, 0.15) is 24.5 Å². The van der Waals surface area contributed by atoms with Crippen molar-refractivity contribution < 1.29 is 44.5 Å². The largest absolute Gasteiger partial charge is 1.00 e. The molecule has 2 aromatic carbocycles. The molecule has 0 radical (unpaired) electrons. The van der Waals surface area contributed by atoms with Crippen LogP contribution in [0.3, 0.4) is 0 Å². The third-order valence-corrected chi connectivity index (χ3v) is 8.21. The van der Waals surface area contributed by atoms with E-state index >= 15 is 0 Å². The maximum absolute atomic E-state index is 13.3. The second kappa shape index (κ2) is 11.2. The number of carbonyl (C=O) groups is 1. The number of quaternary nitrogens is 1. The van der Waals surface area contributed by atoms with Gasteiger partial charge in [-0.2, -0.15) is 0 Å². The molecule has 1 aromatic heterocycles. The molecule has 3 fully saturated rings. The first-order chi connectivity index (χ1) is 17.0. The smallest absolute Gasteiger partial charge is 0.413 e. The van der Waals surface area contributed by atoms with Crippen LogP contribution in [0.1, 0.15) is 30.7 Å². The summed E-state index contributed by atoms with van der Waals surface area (Å²) >= 11 is 0.881. The second-order valence-corrected chi connectivity index (χ2v) is 10.3. The second-order valence-electron chi connectivity index (χ2n) is 9.24. The van der Waals surface area contributed by atoms with E-state index < -0.39 is 18.1 Å². The number of ether oxygens (including phenoxy) is 2. The van der Waals surface area contributed by atoms with Crippen LogP contribution in [0.25, 0.3) is 10.4 Å². The predicted molar refractivity (Wildman–Crippen MR) is 131 cm³/mol. The number of rotatable bonds is 8. The van der Waals surface area contributed by atoms with E-state index in [1.54, 1.807) is 12.1 Å². The first-order valence-electron chi connectivity index (χ1n) is 11.8. The van der Waals surface area contributed by atoms with Gasteiger partial charge in [0, 0.05) is 19.3 Å². The van der Waals surface area contributed by atoms with Gasteiger partial charge in [-0.1, -0.05) is 48.5 Å². The summed E-state index contributed by atoms with van der Waals surface area (Å²) in [5.74, 6) is 0.994. The highest BCUT2D eigenvalue weighted by Crippen LogP contribution is 2.41. The van der Waals surface area contributed by atoms with E-state index in [0.717, 1.165) is 72.6 Å². The maximum Gasteiger partial charge on any atom is 0.413 e. The molecular weight excluding hydrogens is 552 g/mol. The molecule has 192 valence electrons. The SMILES string of the molecule is O=C(Nc1nc(C(F)F)sc1-c1ccccc1)OC12CC[N+](CCOc3ccccc3)(CC1)CC2.[Br-]. The molecule has 6 rings (SSSR count). The summed E-state index contributed by atoms with van der Waals surface area (Å²) < 4.78 is 39.5. The Morgan fingerprint density at radius 3 is 2.25 bits per heavy atom. The van der Waals surface area contributed by atoms with Crippen LogP contribution < -0.4 is 27.0 Å². The fraction of sp³-hybridized carbons (Fsp3) is 0.385. The van der Waals surface area contributed by atoms with Gasteiger partial charge in [0.25, 0.3) is 6.43 Å². The van der Waals surface area contributed by atoms with Crippen LogP contribution in [-0.4, -0.2) is 53.9 Å². The number of piperidine rings is 3. The fourth-order valence-electron chi connectivity index (χ4n) is 5.01. The Kier molecular flexibility index (Phi) is 8.27. The Labute approximate surface area is 223 Å². The number of hydrogen-bond acceptors (Lipinski definition) is 5. The number of benzene rings is 2. The summed E-state index contributed by atoms with van der Waals surface area (Å²) in [7, 11) is 0. The van der Waals surface area contributed by atoms with E-state index in [1.807, 2.05) is 48.5 Å². The lowest BCUT2D eigenvalue weighted by molar-refractivity contribution is -0.944. The lowest BCUT2D eigenvalue weighted by Crippen LogP contribution is -3.00. The van der Waals surface area contributed by atoms with E-state index in [2.05, 4.69) is 10.3 Å². The average molecular weight is 580 g/mol. The number of alkyl halides is 2. The van der Waals surface area contributed by atoms with E-state index in [-0.39, 0.29) is 27.8 Å². The van der Waals surface area contributed by atoms with Crippen molar-refractivity contribution in [1.29, 1.82) is 0 Å². The van der Waals surface area contributed by atoms with Crippen molar-refractivity contribution in [2.24, 2.45) is 0 Å². The number of carbonyl (C=O) groups excluding carboxylic acids is 1. The molecule has 0 saturated carbocycles. The minimum Gasteiger partial charge on any atom is -1.00 e. The number of thiazole rings is 1. The zero-order valence-corrected chi connectivity index (χ0v) is 22.1. The summed E-state index contributed by atoms with van der Waals surface area (Å²) in [6, 6.07) is 18.9. The third-order valence-electron chi connectivity index (χ3n) is 7.10. The maximum atomic E-state index is 13.3. The molecule has 1 N–H and O–H groups in total. The lowest BCUT2D eigenvalue weighted by atomic mass is 9.81. The van der Waals surface area contributed by atoms with Gasteiger partial charge in [-0.3, -0.25) is 5.32 Å². The molecule has 3 saturated heterocycles. The van der Waals surface area contributed by atoms with Crippen molar-refractivity contribution in [2.45, 2.75) is 31.3 Å². The van der Waals surface area contributed by atoms with Crippen molar-refractivity contribution in [1.82, 2.24) is 4.98 Å². The molecule has 2 bridgehead atoms. The lowest BCUT2D eigenvalue weighted by Gasteiger charge is -2.53. The molecule has 3 aliphatic rings. The van der Waals surface area contributed by atoms with E-state index in [9.17, 15) is 13.6 Å². The first-order valence-corrected chi connectivity index (χ1v) is 12.6. The number of aromatic nitrogens is 1. The van der Waals surface area contributed by atoms with Crippen LogP contribution in [0.4, 0.5) is 19.4 Å². The molecule has 6 nitrogen and oxygen atoms in total. The van der Waals surface area contributed by atoms with Crippen LogP contribution >= 0.6 is 11.3 Å². The van der Waals surface area contributed by atoms with Gasteiger partial charge in [0.05, 0.1) is 24.5 Å². The number of para-hydroxylation sites is 1. The van der Waals surface area contributed by atoms with Crippen molar-refractivity contribution in [2.75, 3.05) is 38.1 Å². The van der Waals surface area contributed by atoms with Gasteiger partial charge in [-0.25, -0.2) is 18.6 Å². The summed E-state index contributed by atoms with van der Waals surface area (Å²) in [5.41, 5.74) is 0.208. The highest BCUT2D eigenvalue weighted by molar-refractivity contribution is 7.15. The van der Waals surface area contributed by atoms with Crippen LogP contribution in [0.2, 0.25) is 0 Å². The Morgan fingerprint density at radius 1 is 1.03 bits per heavy atom. The van der Waals surface area contributed by atoms with E-state index in [0.29, 0.717) is 11.5 Å². The highest BCUT2D eigenvalue weighted by atomic mass is 79.9. The predicted octanol–water partition coefficient (Wildman–Crippen LogP) is 3.13. The molecule has 0 spiro atoms. The molecule has 1 amide bonds. The Balaban J connectivity index is 0.00000304. The number of amides is 1. The van der Waals surface area contributed by atoms with Gasteiger partial charge in [-0.05, 0) is 17.7 Å². The van der Waals surface area contributed by atoms with Crippen molar-refractivity contribution in [3.63, 3.8) is 0 Å². The van der Waals surface area contributed by atoms with Crippen molar-refractivity contribution >= 4 is 23.2 Å². The Morgan fingerprint density at radius 2 is 1.64 bits per heavy atom. The Bertz CT molecular complexity index is 1140. The highest BCUT2D eigenvalue weighted by Gasteiger charge is 2.51. The summed E-state index contributed by atoms with van der Waals surface area (Å²) in [6.07, 6.45) is -1.02. The molecule has 0 aliphatic carbocycles. The summed E-state index contributed by atoms with van der Waals surface area (Å²) in [5, 5.41) is 2.32. The number of nitrogens with one attached hydrogen (secondary N) is 1. The van der Waals surface area contributed by atoms with Gasteiger partial charge in [-0.15, -0.1) is 11.3 Å². The van der Waals surface area contributed by atoms with Crippen molar-refractivity contribution in [3.05, 3.63) is 65.7 Å². The quantitative estimate of drug-likeness (QED) is 0.417. The average Bonchev–Trinajstić information content (AvgIpc) is 3.30. The minimum atomic E-state index is -2.71. The molecule has 4 heterocycles. The van der Waals surface area contributed by atoms with E-state index in [4.69, 9.17) is 9.47 Å². The molecule has 3 aromatic rings. The van der Waals surface area contributed by atoms with Gasteiger partial charge in [0.15, 0.2) is 10.8 Å². The summed E-state index contributed by atoms with van der Waals surface area (Å²) in [6.45, 7) is 4.34. The van der Waals surface area contributed by atoms with Crippen molar-refractivity contribution in [3.8, 4) is 16.2 Å². The molecule has 36 heavy (non-hydrogen) atoms. The van der Waals surface area contributed by atoms with Gasteiger partial charge < -0.3 is 30.9 Å². The standard InChI is InChI=1S/C26H27F2N3O3S.BrH/c27-22(28)24-29-23(21(35-24)19-7-3-1-4-8-19)30-25(32)34-26-11-14-31(15-12-26,16-13-26)17-18-33-20-9-5-2-6-10-20;/h1-10,22H,11-18H2;1H. The number of anilines is 1. The molecular formula is C26H28BrF2N3O3S. The van der Waals surface area contributed by atoms with Crippen LogP contribution in [-0.2, 0) is 4.74 Å². The fourth-order valence-corrected chi connectivity index (χ4v) is 5.90. The monoisotopic (exact) mass is 579 g/mol. The van der Waals surface area contributed by atoms with Crippen LogP contribution in [0, 0.1) is 0 Å². The number of nitrogens with zero attached hydrogens (tertiary/aromatic N) is 2. The molecule has 0 atom stereocenters. The summed E-state index contributed by atoms with van der Waals surface area (Å²) in [4.78, 5) is 17.3. The Hall–Kier alpha value is -2.56. The van der Waals surface area contributed by atoms with Crippen LogP contribution in [0.5, 0.6) is 5.75 Å². The molecule has 3 aliphatic heterocycles. The number of hydrogen-bond donors (Lipinski definition) is 1. The minimum absolute atomic E-state index is 0. The van der Waals surface area contributed by atoms with Gasteiger partial charge in [0.2, 0.25) is 0 Å². The normalized spacial score (nSPS) is 22.6. The van der Waals surface area contributed by atoms with Gasteiger partial charge >= 0.3 is 6.09 Å².